The van der Waals surface area contributed by atoms with E-state index in [9.17, 15) is 0 Å². The van der Waals surface area contributed by atoms with Crippen molar-refractivity contribution in [3.05, 3.63) is 42.7 Å². The molecular weight excluding hydrogens is 234 g/mol. The lowest BCUT2D eigenvalue weighted by Crippen LogP contribution is -1.89. The van der Waals surface area contributed by atoms with Gasteiger partial charge in [0.2, 0.25) is 0 Å². The van der Waals surface area contributed by atoms with Crippen LogP contribution in [-0.2, 0) is 0 Å². The van der Waals surface area contributed by atoms with E-state index in [2.05, 4.69) is 15.5 Å². The highest BCUT2D eigenvalue weighted by Gasteiger charge is 2.10. The van der Waals surface area contributed by atoms with Gasteiger partial charge < -0.3 is 19.3 Å². The molecule has 2 heterocycles. The van der Waals surface area contributed by atoms with E-state index in [4.69, 9.17) is 13.9 Å². The zero-order valence-corrected chi connectivity index (χ0v) is 9.20. The topological polar surface area (TPSA) is 84.3 Å². The van der Waals surface area contributed by atoms with Crippen LogP contribution in [0.4, 0.5) is 11.7 Å². The summed E-state index contributed by atoms with van der Waals surface area (Å²) in [7, 11) is 0. The molecule has 0 bridgehead atoms. The van der Waals surface area contributed by atoms with Crippen molar-refractivity contribution in [1.82, 2.24) is 10.2 Å². The summed E-state index contributed by atoms with van der Waals surface area (Å²) in [6.07, 6.45) is 1.53. The minimum Gasteiger partial charge on any atom is -0.508 e. The summed E-state index contributed by atoms with van der Waals surface area (Å²) in [5, 5.41) is 19.8. The Morgan fingerprint density at radius 3 is 2.61 bits per heavy atom. The predicted octanol–water partition coefficient (Wildman–Crippen LogP) is 2.78. The third kappa shape index (κ3) is 2.03. The molecule has 0 saturated carbocycles. The van der Waals surface area contributed by atoms with Crippen LogP contribution in [0.1, 0.15) is 0 Å². The van der Waals surface area contributed by atoms with Gasteiger partial charge in [-0.15, -0.1) is 5.10 Å². The molecule has 0 saturated heterocycles. The van der Waals surface area contributed by atoms with Crippen molar-refractivity contribution in [3.63, 3.8) is 0 Å². The van der Waals surface area contributed by atoms with Gasteiger partial charge in [0.1, 0.15) is 5.75 Å². The summed E-state index contributed by atoms with van der Waals surface area (Å²) in [5.74, 6) is 1.02. The number of aromatic hydroxyl groups is 1. The Balaban J connectivity index is 1.80. The fourth-order valence-corrected chi connectivity index (χ4v) is 1.44. The smallest absolute Gasteiger partial charge is 0.320 e. The number of phenolic OH excluding ortho intramolecular Hbond substituents is 1. The lowest BCUT2D eigenvalue weighted by atomic mass is 10.3. The summed E-state index contributed by atoms with van der Waals surface area (Å²) >= 11 is 0. The van der Waals surface area contributed by atoms with Gasteiger partial charge >= 0.3 is 6.01 Å². The molecule has 3 aromatic rings. The maximum Gasteiger partial charge on any atom is 0.320 e. The number of anilines is 2. The Bertz CT molecular complexity index is 629. The normalized spacial score (nSPS) is 10.4. The van der Waals surface area contributed by atoms with Crippen LogP contribution in [-0.4, -0.2) is 15.3 Å². The second kappa shape index (κ2) is 4.25. The fraction of sp³-hybridized carbons (Fsp3) is 0. The zero-order chi connectivity index (χ0) is 12.4. The summed E-state index contributed by atoms with van der Waals surface area (Å²) in [6, 6.07) is 10.3. The molecule has 6 heteroatoms. The minimum atomic E-state index is 0.197. The Kier molecular flexibility index (Phi) is 2.45. The first kappa shape index (κ1) is 10.4. The van der Waals surface area contributed by atoms with Crippen molar-refractivity contribution in [2.75, 3.05) is 5.32 Å². The van der Waals surface area contributed by atoms with E-state index in [0.717, 1.165) is 5.69 Å². The lowest BCUT2D eigenvalue weighted by molar-refractivity contribution is 0.475. The van der Waals surface area contributed by atoms with E-state index in [1.54, 1.807) is 36.4 Å². The molecule has 0 aliphatic carbocycles. The average molecular weight is 243 g/mol. The minimum absolute atomic E-state index is 0.197. The number of phenols is 1. The van der Waals surface area contributed by atoms with Crippen molar-refractivity contribution in [2.24, 2.45) is 0 Å². The number of nitrogens with one attached hydrogen (secondary N) is 1. The number of nitrogens with zero attached hydrogens (tertiary/aromatic N) is 2. The summed E-state index contributed by atoms with van der Waals surface area (Å²) < 4.78 is 10.5. The van der Waals surface area contributed by atoms with Crippen LogP contribution in [0.3, 0.4) is 0 Å². The molecule has 2 aromatic heterocycles. The Morgan fingerprint density at radius 2 is 1.89 bits per heavy atom. The van der Waals surface area contributed by atoms with E-state index in [1.807, 2.05) is 0 Å². The average Bonchev–Trinajstić information content (AvgIpc) is 3.02. The largest absolute Gasteiger partial charge is 0.508 e. The van der Waals surface area contributed by atoms with Gasteiger partial charge in [-0.2, -0.15) is 0 Å². The molecule has 90 valence electrons. The van der Waals surface area contributed by atoms with Crippen LogP contribution in [0.5, 0.6) is 5.75 Å². The third-order valence-corrected chi connectivity index (χ3v) is 2.28. The molecule has 0 atom stereocenters. The summed E-state index contributed by atoms with van der Waals surface area (Å²) in [5.41, 5.74) is 0.738. The molecule has 18 heavy (non-hydrogen) atoms. The third-order valence-electron chi connectivity index (χ3n) is 2.28. The van der Waals surface area contributed by atoms with Gasteiger partial charge in [-0.1, -0.05) is 5.10 Å². The van der Waals surface area contributed by atoms with Gasteiger partial charge in [0.05, 0.1) is 6.26 Å². The Morgan fingerprint density at radius 1 is 1.06 bits per heavy atom. The molecule has 1 aromatic carbocycles. The standard InChI is InChI=1S/C12H9N3O3/c16-9-5-3-8(4-6-9)13-12-15-14-11(18-12)10-2-1-7-17-10/h1-7,16H,(H,13,15). The van der Waals surface area contributed by atoms with Crippen LogP contribution in [0, 0.1) is 0 Å². The van der Waals surface area contributed by atoms with Crippen molar-refractivity contribution in [1.29, 1.82) is 0 Å². The number of benzene rings is 1. The van der Waals surface area contributed by atoms with Gasteiger partial charge in [-0.25, -0.2) is 0 Å². The molecule has 0 aliphatic heterocycles. The first-order chi connectivity index (χ1) is 8.81. The molecule has 0 unspecified atom stereocenters. The highest BCUT2D eigenvalue weighted by Crippen LogP contribution is 2.23. The van der Waals surface area contributed by atoms with Crippen molar-refractivity contribution >= 4 is 11.7 Å². The second-order valence-corrected chi connectivity index (χ2v) is 3.56. The molecule has 0 radical (unpaired) electrons. The number of aromatic nitrogens is 2. The maximum absolute atomic E-state index is 9.16. The van der Waals surface area contributed by atoms with Gasteiger partial charge in [0.25, 0.3) is 5.89 Å². The van der Waals surface area contributed by atoms with Crippen molar-refractivity contribution in [2.45, 2.75) is 0 Å². The van der Waals surface area contributed by atoms with E-state index in [-0.39, 0.29) is 11.8 Å². The lowest BCUT2D eigenvalue weighted by Gasteiger charge is -1.99. The molecule has 0 amide bonds. The first-order valence-electron chi connectivity index (χ1n) is 5.25. The van der Waals surface area contributed by atoms with Crippen LogP contribution in [0.2, 0.25) is 0 Å². The van der Waals surface area contributed by atoms with E-state index in [1.165, 1.54) is 6.26 Å². The summed E-state index contributed by atoms with van der Waals surface area (Å²) in [6.45, 7) is 0. The van der Waals surface area contributed by atoms with Gasteiger partial charge in [-0.3, -0.25) is 0 Å². The second-order valence-electron chi connectivity index (χ2n) is 3.56. The first-order valence-corrected chi connectivity index (χ1v) is 5.25. The molecular formula is C12H9N3O3. The molecule has 2 N–H and O–H groups in total. The predicted molar refractivity (Wildman–Crippen MR) is 63.4 cm³/mol. The number of furan rings is 1. The fourth-order valence-electron chi connectivity index (χ4n) is 1.44. The quantitative estimate of drug-likeness (QED) is 0.688. The monoisotopic (exact) mass is 243 g/mol. The zero-order valence-electron chi connectivity index (χ0n) is 9.20. The van der Waals surface area contributed by atoms with Crippen LogP contribution in [0.15, 0.2) is 51.5 Å². The molecule has 0 fully saturated rings. The van der Waals surface area contributed by atoms with E-state index < -0.39 is 0 Å². The maximum atomic E-state index is 9.16. The Hall–Kier alpha value is -2.76. The van der Waals surface area contributed by atoms with Gasteiger partial charge in [0, 0.05) is 5.69 Å². The van der Waals surface area contributed by atoms with Crippen molar-refractivity contribution < 1.29 is 13.9 Å². The Labute approximate surface area is 102 Å². The number of hydrogen-bond acceptors (Lipinski definition) is 6. The van der Waals surface area contributed by atoms with Crippen LogP contribution >= 0.6 is 0 Å². The number of hydrogen-bond donors (Lipinski definition) is 2. The van der Waals surface area contributed by atoms with Crippen LogP contribution in [0.25, 0.3) is 11.7 Å². The molecule has 0 aliphatic rings. The SMILES string of the molecule is Oc1ccc(Nc2nnc(-c3ccco3)o2)cc1. The highest BCUT2D eigenvalue weighted by molar-refractivity contribution is 5.54. The van der Waals surface area contributed by atoms with Crippen molar-refractivity contribution in [3.8, 4) is 17.4 Å². The van der Waals surface area contributed by atoms with E-state index in [0.29, 0.717) is 11.7 Å². The van der Waals surface area contributed by atoms with E-state index >= 15 is 0 Å². The molecule has 6 nitrogen and oxygen atoms in total. The van der Waals surface area contributed by atoms with Crippen LogP contribution < -0.4 is 5.32 Å². The molecule has 3 rings (SSSR count). The number of rotatable bonds is 3. The highest BCUT2D eigenvalue weighted by atomic mass is 16.4. The summed E-state index contributed by atoms with van der Waals surface area (Å²) in [4.78, 5) is 0. The molecule has 0 spiro atoms. The van der Waals surface area contributed by atoms with Gasteiger partial charge in [0.15, 0.2) is 5.76 Å². The van der Waals surface area contributed by atoms with Gasteiger partial charge in [-0.05, 0) is 36.4 Å².